The molecule has 0 aromatic carbocycles. The molecule has 52 valence electrons. The van der Waals surface area contributed by atoms with Gasteiger partial charge in [0, 0.05) is 12.4 Å². The first kappa shape index (κ1) is 19.1. The second-order valence-electron chi connectivity index (χ2n) is 1.41. The number of carboxylic acid groups (broad SMARTS) is 2. The van der Waals surface area contributed by atoms with Crippen LogP contribution in [0, 0.1) is 0 Å². The van der Waals surface area contributed by atoms with Crippen LogP contribution in [0.4, 0.5) is 0 Å². The van der Waals surface area contributed by atoms with Gasteiger partial charge in [-0.25, -0.2) is 0 Å². The fourth-order valence-corrected chi connectivity index (χ4v) is 0.241. The first-order valence-corrected chi connectivity index (χ1v) is 2.13. The molecule has 1 N–H and O–H groups in total. The number of aliphatic hydroxyl groups excluding tert-OH is 1. The maximum atomic E-state index is 9.58. The molecule has 0 heterocycles. The third kappa shape index (κ3) is 12.5. The summed E-state index contributed by atoms with van der Waals surface area (Å²) < 4.78 is 0. The van der Waals surface area contributed by atoms with E-state index in [1.165, 1.54) is 0 Å². The Hall–Kier alpha value is 2.51. The molecule has 5 nitrogen and oxygen atoms in total. The average molecular weight is 303 g/mol. The predicted octanol–water partition coefficient (Wildman–Crippen LogP) is -9.75. The molecule has 0 spiro atoms. The van der Waals surface area contributed by atoms with Gasteiger partial charge < -0.3 is 24.9 Å². The Morgan fingerprint density at radius 1 is 1.27 bits per heavy atom. The van der Waals surface area contributed by atoms with Crippen LogP contribution >= 0.6 is 0 Å². The first-order chi connectivity index (χ1) is 4.04. The molecule has 0 bridgehead atoms. The molecule has 7 heteroatoms. The summed E-state index contributed by atoms with van der Waals surface area (Å²) in [5, 5.41) is 27.3. The number of aliphatic hydroxyl groups is 1. The standard InChI is InChI=1S/C4H6O5.2Rb/c5-2(4(8)9)1-3(6)7;;/h2,5H,1H2,(H,6,7)(H,8,9);;/q;2*+1/p-2. The van der Waals surface area contributed by atoms with E-state index < -0.39 is 24.5 Å². The number of aliphatic carboxylic acids is 2. The summed E-state index contributed by atoms with van der Waals surface area (Å²) in [5.41, 5.74) is 0. The minimum absolute atomic E-state index is 0. The van der Waals surface area contributed by atoms with Crippen LogP contribution in [-0.2, 0) is 9.59 Å². The molecule has 0 fully saturated rings. The van der Waals surface area contributed by atoms with Gasteiger partial charge in [0.2, 0.25) is 0 Å². The number of carbonyl (C=O) groups is 2. The van der Waals surface area contributed by atoms with Crippen LogP contribution in [0.2, 0.25) is 0 Å². The van der Waals surface area contributed by atoms with Crippen molar-refractivity contribution in [2.24, 2.45) is 0 Å². The summed E-state index contributed by atoms with van der Waals surface area (Å²) in [7, 11) is 0. The Balaban J connectivity index is -0.000000320. The molecule has 0 saturated heterocycles. The van der Waals surface area contributed by atoms with Gasteiger partial charge in [0.1, 0.15) is 0 Å². The van der Waals surface area contributed by atoms with Crippen molar-refractivity contribution < 1.29 is 141 Å². The molecular formula is C4H4O5Rb2. The van der Waals surface area contributed by atoms with Gasteiger partial charge in [-0.1, -0.05) is 0 Å². The van der Waals surface area contributed by atoms with Crippen molar-refractivity contribution in [2.75, 3.05) is 0 Å². The number of hydrogen-bond donors (Lipinski definition) is 1. The summed E-state index contributed by atoms with van der Waals surface area (Å²) in [6, 6.07) is 0. The van der Waals surface area contributed by atoms with Crippen LogP contribution in [0.3, 0.4) is 0 Å². The van der Waals surface area contributed by atoms with Crippen LogP contribution < -0.4 is 127 Å². The van der Waals surface area contributed by atoms with Crippen LogP contribution in [0.5, 0.6) is 0 Å². The molecule has 0 aliphatic carbocycles. The molecule has 0 aromatic heterocycles. The molecule has 0 radical (unpaired) electrons. The molecule has 0 aliphatic rings. The van der Waals surface area contributed by atoms with Gasteiger partial charge in [-0.3, -0.25) is 0 Å². The average Bonchev–Trinajstić information content (AvgIpc) is 1.63. The van der Waals surface area contributed by atoms with Crippen molar-refractivity contribution in [2.45, 2.75) is 12.5 Å². The Kier molecular flexibility index (Phi) is 18.4. The fourth-order valence-electron chi connectivity index (χ4n) is 0.241. The Bertz CT molecular complexity index is 136. The third-order valence-electron chi connectivity index (χ3n) is 0.632. The van der Waals surface area contributed by atoms with E-state index >= 15 is 0 Å². The molecule has 11 heavy (non-hydrogen) atoms. The minimum atomic E-state index is -1.96. The van der Waals surface area contributed by atoms with Crippen LogP contribution in [0.1, 0.15) is 6.42 Å². The Labute approximate surface area is 161 Å². The third-order valence-corrected chi connectivity index (χ3v) is 0.632. The largest absolute Gasteiger partial charge is 1.00 e. The number of carbonyl (C=O) groups excluding carboxylic acids is 2. The number of hydrogen-bond acceptors (Lipinski definition) is 5. The van der Waals surface area contributed by atoms with Crippen molar-refractivity contribution in [3.8, 4) is 0 Å². The van der Waals surface area contributed by atoms with Crippen LogP contribution in [0.15, 0.2) is 0 Å². The van der Waals surface area contributed by atoms with Gasteiger partial charge >= 0.3 is 116 Å². The number of rotatable bonds is 3. The van der Waals surface area contributed by atoms with Crippen molar-refractivity contribution in [3.63, 3.8) is 0 Å². The van der Waals surface area contributed by atoms with Gasteiger partial charge in [-0.05, 0) is 0 Å². The number of carboxylic acids is 2. The fraction of sp³-hybridized carbons (Fsp3) is 0.500. The quantitative estimate of drug-likeness (QED) is 0.558. The summed E-state index contributed by atoms with van der Waals surface area (Å²) in [5.74, 6) is -3.43. The second-order valence-corrected chi connectivity index (χ2v) is 1.41. The minimum Gasteiger partial charge on any atom is -0.550 e. The Morgan fingerprint density at radius 2 is 1.64 bits per heavy atom. The zero-order valence-electron chi connectivity index (χ0n) is 6.36. The Morgan fingerprint density at radius 3 is 1.73 bits per heavy atom. The molecule has 0 amide bonds. The zero-order chi connectivity index (χ0) is 7.44. The van der Waals surface area contributed by atoms with E-state index in [9.17, 15) is 19.8 Å². The van der Waals surface area contributed by atoms with Gasteiger partial charge in [0.05, 0.1) is 12.1 Å². The van der Waals surface area contributed by atoms with Gasteiger partial charge in [-0.2, -0.15) is 0 Å². The van der Waals surface area contributed by atoms with Crippen molar-refractivity contribution >= 4 is 11.9 Å². The molecule has 0 aliphatic heterocycles. The van der Waals surface area contributed by atoms with E-state index in [1.807, 2.05) is 0 Å². The second kappa shape index (κ2) is 10.6. The topological polar surface area (TPSA) is 100 Å². The van der Waals surface area contributed by atoms with Crippen molar-refractivity contribution in [1.82, 2.24) is 0 Å². The van der Waals surface area contributed by atoms with E-state index in [-0.39, 0.29) is 116 Å². The van der Waals surface area contributed by atoms with E-state index in [4.69, 9.17) is 5.11 Å². The molecule has 0 aromatic rings. The van der Waals surface area contributed by atoms with E-state index in [1.54, 1.807) is 0 Å². The maximum absolute atomic E-state index is 9.58. The molecule has 0 rings (SSSR count). The molecule has 1 atom stereocenters. The SMILES string of the molecule is O=C([O-])CC(O)C(=O)[O-].[Rb+].[Rb+]. The summed E-state index contributed by atoms with van der Waals surface area (Å²) >= 11 is 0. The normalized spacial score (nSPS) is 10.3. The molecule has 0 saturated carbocycles. The van der Waals surface area contributed by atoms with Crippen molar-refractivity contribution in [3.05, 3.63) is 0 Å². The summed E-state index contributed by atoms with van der Waals surface area (Å²) in [6.07, 6.45) is -2.89. The smallest absolute Gasteiger partial charge is 0.550 e. The summed E-state index contributed by atoms with van der Waals surface area (Å²) in [4.78, 5) is 19.1. The predicted molar refractivity (Wildman–Crippen MR) is 20.6 cm³/mol. The van der Waals surface area contributed by atoms with E-state index in [0.29, 0.717) is 0 Å². The van der Waals surface area contributed by atoms with Crippen LogP contribution in [-0.4, -0.2) is 23.1 Å². The van der Waals surface area contributed by atoms with E-state index in [2.05, 4.69) is 0 Å². The van der Waals surface area contributed by atoms with Gasteiger partial charge in [0.15, 0.2) is 0 Å². The molecular weight excluding hydrogens is 299 g/mol. The van der Waals surface area contributed by atoms with Gasteiger partial charge in [0.25, 0.3) is 0 Å². The van der Waals surface area contributed by atoms with Gasteiger partial charge in [-0.15, -0.1) is 0 Å². The van der Waals surface area contributed by atoms with Crippen LogP contribution in [0.25, 0.3) is 0 Å². The maximum Gasteiger partial charge on any atom is 1.00 e. The zero-order valence-corrected chi connectivity index (χ0v) is 16.2. The van der Waals surface area contributed by atoms with Crippen molar-refractivity contribution in [1.29, 1.82) is 0 Å². The monoisotopic (exact) mass is 302 g/mol. The molecule has 1 unspecified atom stereocenters. The van der Waals surface area contributed by atoms with E-state index in [0.717, 1.165) is 0 Å². The first-order valence-electron chi connectivity index (χ1n) is 2.13. The summed E-state index contributed by atoms with van der Waals surface area (Å²) in [6.45, 7) is 0.